The number of thiazole rings is 1. The van der Waals surface area contributed by atoms with Gasteiger partial charge in [-0.2, -0.15) is 0 Å². The number of carbonyl (C=O) groups excluding carboxylic acids is 1. The van der Waals surface area contributed by atoms with Gasteiger partial charge in [0.2, 0.25) is 0 Å². The van der Waals surface area contributed by atoms with E-state index in [0.29, 0.717) is 13.0 Å². The van der Waals surface area contributed by atoms with Crippen molar-refractivity contribution in [2.75, 3.05) is 6.61 Å². The zero-order chi connectivity index (χ0) is 12.4. The Labute approximate surface area is 109 Å². The van der Waals surface area contributed by atoms with Crippen LogP contribution in [0.1, 0.15) is 10.6 Å². The van der Waals surface area contributed by atoms with Gasteiger partial charge in [-0.25, -0.2) is 4.98 Å². The number of fused-ring (bicyclic) bond motifs is 1. The normalized spacial score (nSPS) is 17.9. The van der Waals surface area contributed by atoms with Gasteiger partial charge in [-0.15, -0.1) is 11.3 Å². The van der Waals surface area contributed by atoms with E-state index in [-0.39, 0.29) is 11.7 Å². The minimum absolute atomic E-state index is 0.0381. The quantitative estimate of drug-likeness (QED) is 0.850. The van der Waals surface area contributed by atoms with Crippen molar-refractivity contribution in [2.45, 2.75) is 12.8 Å². The van der Waals surface area contributed by atoms with Crippen molar-refractivity contribution in [1.82, 2.24) is 4.98 Å². The predicted molar refractivity (Wildman–Crippen MR) is 70.0 cm³/mol. The van der Waals surface area contributed by atoms with Gasteiger partial charge in [0.25, 0.3) is 0 Å². The molecule has 3 nitrogen and oxygen atoms in total. The minimum atomic E-state index is -0.0381. The summed E-state index contributed by atoms with van der Waals surface area (Å²) < 4.78 is 5.64. The summed E-state index contributed by atoms with van der Waals surface area (Å²) in [7, 11) is 0. The van der Waals surface area contributed by atoms with Crippen molar-refractivity contribution in [3.63, 3.8) is 0 Å². The number of aromatic nitrogens is 1. The average molecular weight is 259 g/mol. The summed E-state index contributed by atoms with van der Waals surface area (Å²) >= 11 is 1.53. The third kappa shape index (κ3) is 2.29. The molecule has 0 saturated carbocycles. The molecule has 2 heterocycles. The summed E-state index contributed by atoms with van der Waals surface area (Å²) in [4.78, 5) is 16.3. The van der Waals surface area contributed by atoms with Crippen LogP contribution in [0.3, 0.4) is 0 Å². The molecule has 3 rings (SSSR count). The molecular weight excluding hydrogens is 246 g/mol. The molecule has 0 N–H and O–H groups in total. The Hall–Kier alpha value is -1.68. The van der Waals surface area contributed by atoms with Crippen LogP contribution in [0.5, 0.6) is 5.75 Å². The molecule has 0 spiro atoms. The van der Waals surface area contributed by atoms with Crippen molar-refractivity contribution in [3.8, 4) is 5.75 Å². The maximum atomic E-state index is 12.2. The molecule has 0 saturated heterocycles. The van der Waals surface area contributed by atoms with Crippen molar-refractivity contribution in [1.29, 1.82) is 0 Å². The van der Waals surface area contributed by atoms with Gasteiger partial charge in [-0.05, 0) is 18.1 Å². The van der Waals surface area contributed by atoms with Gasteiger partial charge in [-0.3, -0.25) is 4.79 Å². The Bertz CT molecular complexity index is 551. The number of nitrogens with zero attached hydrogens (tertiary/aromatic N) is 1. The van der Waals surface area contributed by atoms with Gasteiger partial charge in [0.1, 0.15) is 11.5 Å². The number of para-hydroxylation sites is 1. The Morgan fingerprint density at radius 2 is 2.33 bits per heavy atom. The second-order valence-electron chi connectivity index (χ2n) is 4.39. The zero-order valence-electron chi connectivity index (χ0n) is 9.83. The van der Waals surface area contributed by atoms with Gasteiger partial charge in [0, 0.05) is 11.6 Å². The van der Waals surface area contributed by atoms with Crippen molar-refractivity contribution in [2.24, 2.45) is 5.92 Å². The Morgan fingerprint density at radius 3 is 3.17 bits per heavy atom. The summed E-state index contributed by atoms with van der Waals surface area (Å²) in [6.45, 7) is 0.487. The van der Waals surface area contributed by atoms with Crippen LogP contribution in [0.25, 0.3) is 0 Å². The lowest BCUT2D eigenvalue weighted by Crippen LogP contribution is -2.29. The zero-order valence-corrected chi connectivity index (χ0v) is 10.7. The highest BCUT2D eigenvalue weighted by molar-refractivity contribution is 7.09. The monoisotopic (exact) mass is 259 g/mol. The number of ketones is 1. The van der Waals surface area contributed by atoms with E-state index in [4.69, 9.17) is 4.74 Å². The van der Waals surface area contributed by atoms with E-state index in [1.807, 2.05) is 29.6 Å². The van der Waals surface area contributed by atoms with Gasteiger partial charge < -0.3 is 4.74 Å². The number of hydrogen-bond acceptors (Lipinski definition) is 4. The second kappa shape index (κ2) is 4.90. The van der Waals surface area contributed by atoms with Crippen molar-refractivity contribution < 1.29 is 9.53 Å². The van der Waals surface area contributed by atoms with E-state index < -0.39 is 0 Å². The number of benzene rings is 1. The standard InChI is InChI=1S/C14H13NO2S/c16-12(8-14-15-5-6-18-14)11-7-10-3-1-2-4-13(10)17-9-11/h1-6,11H,7-9H2. The van der Waals surface area contributed by atoms with Crippen LogP contribution in [0.15, 0.2) is 35.8 Å². The highest BCUT2D eigenvalue weighted by Gasteiger charge is 2.25. The number of hydrogen-bond donors (Lipinski definition) is 0. The summed E-state index contributed by atoms with van der Waals surface area (Å²) in [6, 6.07) is 7.92. The Morgan fingerprint density at radius 1 is 1.44 bits per heavy atom. The Kier molecular flexibility index (Phi) is 3.11. The molecule has 1 aromatic heterocycles. The fraction of sp³-hybridized carbons (Fsp3) is 0.286. The molecule has 0 aliphatic carbocycles. The molecule has 0 amide bonds. The molecule has 1 aliphatic rings. The first-order valence-corrected chi connectivity index (χ1v) is 6.82. The number of carbonyl (C=O) groups is 1. The summed E-state index contributed by atoms with van der Waals surface area (Å²) in [5.74, 6) is 1.10. The number of ether oxygens (including phenoxy) is 1. The first kappa shape index (κ1) is 11.4. The van der Waals surface area contributed by atoms with E-state index >= 15 is 0 Å². The molecule has 92 valence electrons. The average Bonchev–Trinajstić information content (AvgIpc) is 2.91. The lowest BCUT2D eigenvalue weighted by atomic mass is 9.92. The number of rotatable bonds is 3. The third-order valence-corrected chi connectivity index (χ3v) is 3.92. The minimum Gasteiger partial charge on any atom is -0.493 e. The maximum absolute atomic E-state index is 12.2. The first-order valence-electron chi connectivity index (χ1n) is 5.95. The molecule has 1 unspecified atom stereocenters. The summed E-state index contributed by atoms with van der Waals surface area (Å²) in [5, 5.41) is 2.79. The van der Waals surface area contributed by atoms with Gasteiger partial charge >= 0.3 is 0 Å². The maximum Gasteiger partial charge on any atom is 0.146 e. The van der Waals surface area contributed by atoms with Gasteiger partial charge in [-0.1, -0.05) is 18.2 Å². The van der Waals surface area contributed by atoms with Gasteiger partial charge in [0.15, 0.2) is 0 Å². The molecule has 4 heteroatoms. The second-order valence-corrected chi connectivity index (χ2v) is 5.37. The predicted octanol–water partition coefficient (Wildman–Crippen LogP) is 2.51. The largest absolute Gasteiger partial charge is 0.493 e. The molecule has 18 heavy (non-hydrogen) atoms. The molecule has 1 aromatic carbocycles. The van der Waals surface area contributed by atoms with Crippen LogP contribution in [-0.2, 0) is 17.6 Å². The fourth-order valence-electron chi connectivity index (χ4n) is 2.17. The smallest absolute Gasteiger partial charge is 0.146 e. The van der Waals surface area contributed by atoms with Crippen LogP contribution in [-0.4, -0.2) is 17.4 Å². The number of Topliss-reactive ketones (excluding diaryl/α,β-unsaturated/α-hetero) is 1. The van der Waals surface area contributed by atoms with E-state index in [9.17, 15) is 4.79 Å². The van der Waals surface area contributed by atoms with E-state index in [2.05, 4.69) is 4.98 Å². The Balaban J connectivity index is 1.70. The van der Waals surface area contributed by atoms with Crippen LogP contribution < -0.4 is 4.74 Å². The molecular formula is C14H13NO2S. The molecule has 2 aromatic rings. The molecule has 0 fully saturated rings. The lowest BCUT2D eigenvalue weighted by Gasteiger charge is -2.24. The highest BCUT2D eigenvalue weighted by Crippen LogP contribution is 2.27. The van der Waals surface area contributed by atoms with Crippen LogP contribution in [0, 0.1) is 5.92 Å². The summed E-state index contributed by atoms with van der Waals surface area (Å²) in [5.41, 5.74) is 1.13. The fourth-order valence-corrected chi connectivity index (χ4v) is 2.79. The topological polar surface area (TPSA) is 39.2 Å². The molecule has 0 bridgehead atoms. The summed E-state index contributed by atoms with van der Waals surface area (Å²) in [6.07, 6.45) is 2.94. The van der Waals surface area contributed by atoms with Crippen LogP contribution in [0.2, 0.25) is 0 Å². The van der Waals surface area contributed by atoms with E-state index in [0.717, 1.165) is 22.7 Å². The molecule has 1 atom stereocenters. The van der Waals surface area contributed by atoms with E-state index in [1.165, 1.54) is 11.3 Å². The van der Waals surface area contributed by atoms with Crippen molar-refractivity contribution >= 4 is 17.1 Å². The van der Waals surface area contributed by atoms with Gasteiger partial charge in [0.05, 0.1) is 24.0 Å². The van der Waals surface area contributed by atoms with Crippen LogP contribution >= 0.6 is 11.3 Å². The third-order valence-electron chi connectivity index (χ3n) is 3.14. The lowest BCUT2D eigenvalue weighted by molar-refractivity contribution is -0.123. The van der Waals surface area contributed by atoms with E-state index in [1.54, 1.807) is 6.20 Å². The SMILES string of the molecule is O=C(Cc1nccs1)C1COc2ccccc2C1. The van der Waals surface area contributed by atoms with Crippen molar-refractivity contribution in [3.05, 3.63) is 46.4 Å². The van der Waals surface area contributed by atoms with Crippen LogP contribution in [0.4, 0.5) is 0 Å². The molecule has 1 aliphatic heterocycles. The first-order chi connectivity index (χ1) is 8.83. The molecule has 0 radical (unpaired) electrons. The highest BCUT2D eigenvalue weighted by atomic mass is 32.1.